The number of anilines is 1. The van der Waals surface area contributed by atoms with Crippen molar-refractivity contribution >= 4 is 28.3 Å². The Morgan fingerprint density at radius 3 is 2.72 bits per heavy atom. The van der Waals surface area contributed by atoms with Gasteiger partial charge in [0.1, 0.15) is 22.6 Å². The molecule has 0 aliphatic heterocycles. The summed E-state index contributed by atoms with van der Waals surface area (Å²) in [6, 6.07) is 1.99. The fourth-order valence-corrected chi connectivity index (χ4v) is 5.08. The summed E-state index contributed by atoms with van der Waals surface area (Å²) in [5, 5.41) is 9.52. The molecule has 2 bridgehead atoms. The minimum Gasteiger partial charge on any atom is -0.462 e. The van der Waals surface area contributed by atoms with Crippen LogP contribution in [0.1, 0.15) is 59.8 Å². The van der Waals surface area contributed by atoms with Gasteiger partial charge in [-0.15, -0.1) is 11.3 Å². The topological polar surface area (TPSA) is 102 Å². The van der Waals surface area contributed by atoms with Crippen molar-refractivity contribution in [3.05, 3.63) is 16.0 Å². The molecule has 3 rings (SSSR count). The third-order valence-corrected chi connectivity index (χ3v) is 6.34. The zero-order chi connectivity index (χ0) is 18.0. The lowest BCUT2D eigenvalue weighted by Gasteiger charge is -2.20. The minimum atomic E-state index is -0.542. The van der Waals surface area contributed by atoms with E-state index in [-0.39, 0.29) is 34.6 Å². The SMILES string of the molecule is CCOC(=O)c1sc(N)c(C#N)c1COC(=O)C[C@H]1C[C@@H]2CC[C@@H]1C2. The average molecular weight is 362 g/mol. The first-order valence-corrected chi connectivity index (χ1v) is 9.49. The highest BCUT2D eigenvalue weighted by Crippen LogP contribution is 2.49. The summed E-state index contributed by atoms with van der Waals surface area (Å²) in [6.45, 7) is 1.81. The molecule has 0 amide bonds. The van der Waals surface area contributed by atoms with E-state index in [2.05, 4.69) is 0 Å². The van der Waals surface area contributed by atoms with Crippen molar-refractivity contribution in [3.8, 4) is 6.07 Å². The quantitative estimate of drug-likeness (QED) is 0.779. The van der Waals surface area contributed by atoms with E-state index in [1.807, 2.05) is 6.07 Å². The molecule has 134 valence electrons. The number of nitrogens with zero attached hydrogens (tertiary/aromatic N) is 1. The summed E-state index contributed by atoms with van der Waals surface area (Å²) in [7, 11) is 0. The van der Waals surface area contributed by atoms with Gasteiger partial charge in [-0.05, 0) is 43.9 Å². The van der Waals surface area contributed by atoms with Gasteiger partial charge in [0.2, 0.25) is 0 Å². The molecule has 1 aromatic rings. The Hall–Kier alpha value is -2.07. The Labute approximate surface area is 150 Å². The fourth-order valence-electron chi connectivity index (χ4n) is 4.16. The molecule has 3 atom stereocenters. The van der Waals surface area contributed by atoms with Crippen molar-refractivity contribution < 1.29 is 19.1 Å². The number of carbonyl (C=O) groups excluding carboxylic acids is 2. The lowest BCUT2D eigenvalue weighted by Crippen LogP contribution is -2.17. The van der Waals surface area contributed by atoms with Gasteiger partial charge in [0.25, 0.3) is 0 Å². The molecule has 0 radical (unpaired) electrons. The monoisotopic (exact) mass is 362 g/mol. The average Bonchev–Trinajstić information content (AvgIpc) is 3.27. The molecule has 0 aromatic carbocycles. The highest BCUT2D eigenvalue weighted by molar-refractivity contribution is 7.18. The van der Waals surface area contributed by atoms with Crippen LogP contribution in [0.3, 0.4) is 0 Å². The maximum atomic E-state index is 12.2. The smallest absolute Gasteiger partial charge is 0.348 e. The van der Waals surface area contributed by atoms with Gasteiger partial charge < -0.3 is 15.2 Å². The fraction of sp³-hybridized carbons (Fsp3) is 0.611. The van der Waals surface area contributed by atoms with Crippen LogP contribution >= 0.6 is 11.3 Å². The Kier molecular flexibility index (Phi) is 5.28. The molecule has 1 aromatic heterocycles. The van der Waals surface area contributed by atoms with Crippen LogP contribution < -0.4 is 5.73 Å². The molecule has 0 unspecified atom stereocenters. The van der Waals surface area contributed by atoms with Gasteiger partial charge in [0.05, 0.1) is 12.2 Å². The largest absolute Gasteiger partial charge is 0.462 e. The van der Waals surface area contributed by atoms with E-state index in [0.717, 1.165) is 23.7 Å². The lowest BCUT2D eigenvalue weighted by molar-refractivity contribution is -0.146. The number of thiophene rings is 1. The number of nitrogen functional groups attached to an aromatic ring is 1. The number of esters is 2. The minimum absolute atomic E-state index is 0.121. The summed E-state index contributed by atoms with van der Waals surface area (Å²) in [4.78, 5) is 24.5. The Balaban J connectivity index is 1.64. The van der Waals surface area contributed by atoms with E-state index in [1.54, 1.807) is 6.92 Å². The zero-order valence-corrected chi connectivity index (χ0v) is 15.1. The van der Waals surface area contributed by atoms with Crippen molar-refractivity contribution in [1.82, 2.24) is 0 Å². The maximum absolute atomic E-state index is 12.2. The molecule has 7 heteroatoms. The molecule has 2 N–H and O–H groups in total. The van der Waals surface area contributed by atoms with Crippen LogP contribution in [0.5, 0.6) is 0 Å². The number of ether oxygens (including phenoxy) is 2. The van der Waals surface area contributed by atoms with Crippen LogP contribution in [0, 0.1) is 29.1 Å². The first-order chi connectivity index (χ1) is 12.0. The van der Waals surface area contributed by atoms with Gasteiger partial charge in [-0.2, -0.15) is 5.26 Å². The molecule has 0 saturated heterocycles. The lowest BCUT2D eigenvalue weighted by atomic mass is 9.86. The summed E-state index contributed by atoms with van der Waals surface area (Å²) >= 11 is 0.997. The molecule has 25 heavy (non-hydrogen) atoms. The van der Waals surface area contributed by atoms with Gasteiger partial charge >= 0.3 is 11.9 Å². The molecule has 2 saturated carbocycles. The first kappa shape index (κ1) is 17.7. The highest BCUT2D eigenvalue weighted by atomic mass is 32.1. The molecule has 0 spiro atoms. The second-order valence-electron chi connectivity index (χ2n) is 6.78. The van der Waals surface area contributed by atoms with Crippen molar-refractivity contribution in [2.45, 2.75) is 45.6 Å². The van der Waals surface area contributed by atoms with Crippen molar-refractivity contribution in [3.63, 3.8) is 0 Å². The van der Waals surface area contributed by atoms with E-state index in [0.29, 0.717) is 23.8 Å². The third-order valence-electron chi connectivity index (χ3n) is 5.30. The van der Waals surface area contributed by atoms with Gasteiger partial charge in [-0.1, -0.05) is 6.42 Å². The van der Waals surface area contributed by atoms with Crippen LogP contribution in [0.15, 0.2) is 0 Å². The number of carbonyl (C=O) groups is 2. The molecule has 2 aliphatic rings. The van der Waals surface area contributed by atoms with Crippen LogP contribution in [-0.2, 0) is 20.9 Å². The van der Waals surface area contributed by atoms with E-state index in [4.69, 9.17) is 15.2 Å². The van der Waals surface area contributed by atoms with Crippen molar-refractivity contribution in [1.29, 1.82) is 5.26 Å². The summed E-state index contributed by atoms with van der Waals surface area (Å²) in [6.07, 6.45) is 5.28. The Morgan fingerprint density at radius 2 is 2.12 bits per heavy atom. The third kappa shape index (κ3) is 3.64. The molecular formula is C18H22N2O4S. The number of hydrogen-bond donors (Lipinski definition) is 1. The van der Waals surface area contributed by atoms with E-state index in [1.165, 1.54) is 19.3 Å². The maximum Gasteiger partial charge on any atom is 0.348 e. The number of fused-ring (bicyclic) bond motifs is 2. The van der Waals surface area contributed by atoms with Crippen LogP contribution in [-0.4, -0.2) is 18.5 Å². The van der Waals surface area contributed by atoms with Crippen LogP contribution in [0.4, 0.5) is 5.00 Å². The van der Waals surface area contributed by atoms with Crippen molar-refractivity contribution in [2.75, 3.05) is 12.3 Å². The highest BCUT2D eigenvalue weighted by Gasteiger charge is 2.40. The zero-order valence-electron chi connectivity index (χ0n) is 14.2. The first-order valence-electron chi connectivity index (χ1n) is 8.67. The Bertz CT molecular complexity index is 721. The molecule has 2 aliphatic carbocycles. The van der Waals surface area contributed by atoms with E-state index < -0.39 is 5.97 Å². The number of rotatable bonds is 6. The second kappa shape index (κ2) is 7.44. The van der Waals surface area contributed by atoms with Gasteiger partial charge in [0, 0.05) is 12.0 Å². The molecule has 6 nitrogen and oxygen atoms in total. The van der Waals surface area contributed by atoms with Crippen LogP contribution in [0.2, 0.25) is 0 Å². The predicted octanol–water partition coefficient (Wildman–Crippen LogP) is 3.25. The van der Waals surface area contributed by atoms with Gasteiger partial charge in [0.15, 0.2) is 0 Å². The van der Waals surface area contributed by atoms with E-state index in [9.17, 15) is 14.9 Å². The summed E-state index contributed by atoms with van der Waals surface area (Å²) in [5.74, 6) is 1.03. The van der Waals surface area contributed by atoms with Gasteiger partial charge in [-0.25, -0.2) is 4.79 Å². The Morgan fingerprint density at radius 1 is 1.32 bits per heavy atom. The molecular weight excluding hydrogens is 340 g/mol. The van der Waals surface area contributed by atoms with Crippen molar-refractivity contribution in [2.24, 2.45) is 17.8 Å². The van der Waals surface area contributed by atoms with E-state index >= 15 is 0 Å². The van der Waals surface area contributed by atoms with Gasteiger partial charge in [-0.3, -0.25) is 4.79 Å². The predicted molar refractivity (Wildman–Crippen MR) is 92.8 cm³/mol. The van der Waals surface area contributed by atoms with Crippen LogP contribution in [0.25, 0.3) is 0 Å². The molecule has 1 heterocycles. The standard InChI is InChI=1S/C18H22N2O4S/c1-2-23-18(22)16-14(13(8-19)17(20)25-16)9-24-15(21)7-12-6-10-3-4-11(12)5-10/h10-12H,2-7,9,20H2,1H3/t10-,11-,12-/m1/s1. The molecule has 2 fully saturated rings. The number of nitrogens with two attached hydrogens (primary N) is 1. The number of hydrogen-bond acceptors (Lipinski definition) is 7. The summed E-state index contributed by atoms with van der Waals surface area (Å²) in [5.41, 5.74) is 6.36. The number of nitriles is 1. The summed E-state index contributed by atoms with van der Waals surface area (Å²) < 4.78 is 10.4. The normalized spacial score (nSPS) is 24.1. The second-order valence-corrected chi connectivity index (χ2v) is 7.83.